The summed E-state index contributed by atoms with van der Waals surface area (Å²) in [6, 6.07) is 16.9. The van der Waals surface area contributed by atoms with E-state index in [1.807, 2.05) is 12.3 Å². The molecule has 1 atom stereocenters. The number of fused-ring (bicyclic) bond motifs is 2. The van der Waals surface area contributed by atoms with Crippen molar-refractivity contribution in [3.05, 3.63) is 72.9 Å². The van der Waals surface area contributed by atoms with Gasteiger partial charge < -0.3 is 15.2 Å². The summed E-state index contributed by atoms with van der Waals surface area (Å²) in [5.74, 6) is -0.126. The lowest BCUT2D eigenvalue weighted by atomic mass is 9.97. The fraction of sp³-hybridized carbons (Fsp3) is 0.150. The average molecular weight is 317 g/mol. The first kappa shape index (κ1) is 14.6. The zero-order chi connectivity index (χ0) is 16.5. The van der Waals surface area contributed by atoms with Gasteiger partial charge in [-0.3, -0.25) is 4.79 Å². The van der Waals surface area contributed by atoms with Crippen molar-refractivity contribution in [3.63, 3.8) is 0 Å². The SMILES string of the molecule is C=CC(=O)NC1Cc2ccccc2N(c2ccc3cc[nH]c3c2)C1. The Labute approximate surface area is 140 Å². The molecule has 0 fully saturated rings. The van der Waals surface area contributed by atoms with Crippen molar-refractivity contribution in [2.45, 2.75) is 12.5 Å². The fourth-order valence-corrected chi connectivity index (χ4v) is 3.40. The minimum atomic E-state index is -0.126. The molecule has 0 saturated carbocycles. The molecule has 0 bridgehead atoms. The van der Waals surface area contributed by atoms with E-state index in [0.717, 1.165) is 24.2 Å². The Hall–Kier alpha value is -3.01. The molecule has 4 nitrogen and oxygen atoms in total. The number of aromatic amines is 1. The second kappa shape index (κ2) is 5.89. The Morgan fingerprint density at radius 2 is 2.12 bits per heavy atom. The van der Waals surface area contributed by atoms with E-state index < -0.39 is 0 Å². The third-order valence-electron chi connectivity index (χ3n) is 4.53. The lowest BCUT2D eigenvalue weighted by Gasteiger charge is -2.36. The van der Waals surface area contributed by atoms with Gasteiger partial charge in [0, 0.05) is 29.6 Å². The van der Waals surface area contributed by atoms with Crippen LogP contribution < -0.4 is 10.2 Å². The van der Waals surface area contributed by atoms with E-state index in [0.29, 0.717) is 0 Å². The summed E-state index contributed by atoms with van der Waals surface area (Å²) in [4.78, 5) is 17.3. The predicted molar refractivity (Wildman–Crippen MR) is 97.6 cm³/mol. The van der Waals surface area contributed by atoms with Gasteiger partial charge in [-0.1, -0.05) is 30.8 Å². The summed E-state index contributed by atoms with van der Waals surface area (Å²) < 4.78 is 0. The number of aromatic nitrogens is 1. The van der Waals surface area contributed by atoms with Gasteiger partial charge in [0.1, 0.15) is 0 Å². The number of H-pyrrole nitrogens is 1. The first-order chi connectivity index (χ1) is 11.7. The van der Waals surface area contributed by atoms with Gasteiger partial charge in [-0.15, -0.1) is 0 Å². The normalized spacial score (nSPS) is 16.7. The summed E-state index contributed by atoms with van der Waals surface area (Å²) in [6.07, 6.45) is 4.11. The standard InChI is InChI=1S/C20H19N3O/c1-2-20(24)22-16-11-15-5-3-4-6-19(15)23(13-16)17-8-7-14-9-10-21-18(14)12-17/h2-10,12,16,21H,1,11,13H2,(H,22,24). The van der Waals surface area contributed by atoms with E-state index in [1.165, 1.54) is 22.7 Å². The van der Waals surface area contributed by atoms with E-state index in [1.54, 1.807) is 0 Å². The molecule has 4 heteroatoms. The molecule has 0 saturated heterocycles. The molecule has 1 amide bonds. The fourth-order valence-electron chi connectivity index (χ4n) is 3.40. The van der Waals surface area contributed by atoms with Gasteiger partial charge >= 0.3 is 0 Å². The summed E-state index contributed by atoms with van der Waals surface area (Å²) in [7, 11) is 0. The number of hydrogen-bond donors (Lipinski definition) is 2. The van der Waals surface area contributed by atoms with Gasteiger partial charge in [0.25, 0.3) is 0 Å². The van der Waals surface area contributed by atoms with Crippen molar-refractivity contribution < 1.29 is 4.79 Å². The van der Waals surface area contributed by atoms with Gasteiger partial charge in [-0.25, -0.2) is 0 Å². The van der Waals surface area contributed by atoms with Crippen molar-refractivity contribution in [1.82, 2.24) is 10.3 Å². The summed E-state index contributed by atoms with van der Waals surface area (Å²) in [6.45, 7) is 4.28. The van der Waals surface area contributed by atoms with E-state index >= 15 is 0 Å². The summed E-state index contributed by atoms with van der Waals surface area (Å²) in [5.41, 5.74) is 4.68. The van der Waals surface area contributed by atoms with E-state index in [2.05, 4.69) is 64.2 Å². The zero-order valence-electron chi connectivity index (χ0n) is 13.3. The molecule has 1 aliphatic heterocycles. The quantitative estimate of drug-likeness (QED) is 0.726. The minimum Gasteiger partial charge on any atom is -0.361 e. The van der Waals surface area contributed by atoms with Crippen LogP contribution >= 0.6 is 0 Å². The average Bonchev–Trinajstić information content (AvgIpc) is 3.08. The molecule has 0 aliphatic carbocycles. The highest BCUT2D eigenvalue weighted by Gasteiger charge is 2.26. The molecule has 0 radical (unpaired) electrons. The van der Waals surface area contributed by atoms with Crippen LogP contribution in [0.25, 0.3) is 10.9 Å². The highest BCUT2D eigenvalue weighted by Crippen LogP contribution is 2.34. The Balaban J connectivity index is 1.74. The molecular weight excluding hydrogens is 298 g/mol. The van der Waals surface area contributed by atoms with Crippen molar-refractivity contribution >= 4 is 28.2 Å². The van der Waals surface area contributed by atoms with E-state index in [-0.39, 0.29) is 11.9 Å². The Kier molecular flexibility index (Phi) is 3.58. The topological polar surface area (TPSA) is 48.1 Å². The number of anilines is 2. The van der Waals surface area contributed by atoms with Crippen molar-refractivity contribution in [2.24, 2.45) is 0 Å². The molecule has 1 aromatic heterocycles. The minimum absolute atomic E-state index is 0.0599. The second-order valence-electron chi connectivity index (χ2n) is 6.10. The number of para-hydroxylation sites is 1. The molecule has 4 rings (SSSR count). The smallest absolute Gasteiger partial charge is 0.243 e. The maximum absolute atomic E-state index is 11.7. The van der Waals surface area contributed by atoms with Crippen molar-refractivity contribution in [3.8, 4) is 0 Å². The van der Waals surface area contributed by atoms with Crippen LogP contribution in [0.5, 0.6) is 0 Å². The number of nitrogens with one attached hydrogen (secondary N) is 2. The molecule has 3 aromatic rings. The molecule has 1 unspecified atom stereocenters. The van der Waals surface area contributed by atoms with Crippen molar-refractivity contribution in [2.75, 3.05) is 11.4 Å². The maximum atomic E-state index is 11.7. The van der Waals surface area contributed by atoms with Crippen molar-refractivity contribution in [1.29, 1.82) is 0 Å². The highest BCUT2D eigenvalue weighted by atomic mass is 16.1. The predicted octanol–water partition coefficient (Wildman–Crippen LogP) is 3.53. The first-order valence-electron chi connectivity index (χ1n) is 8.10. The van der Waals surface area contributed by atoms with E-state index in [9.17, 15) is 4.79 Å². The lowest BCUT2D eigenvalue weighted by Crippen LogP contribution is -2.46. The molecule has 24 heavy (non-hydrogen) atoms. The maximum Gasteiger partial charge on any atom is 0.243 e. The summed E-state index contributed by atoms with van der Waals surface area (Å²) in [5, 5.41) is 4.23. The number of hydrogen-bond acceptors (Lipinski definition) is 2. The van der Waals surface area contributed by atoms with Crippen LogP contribution in [-0.4, -0.2) is 23.5 Å². The van der Waals surface area contributed by atoms with Crippen LogP contribution in [0, 0.1) is 0 Å². The van der Waals surface area contributed by atoms with Crippen LogP contribution in [0.1, 0.15) is 5.56 Å². The van der Waals surface area contributed by atoms with Gasteiger partial charge in [0.05, 0.1) is 6.04 Å². The van der Waals surface area contributed by atoms with Crippen LogP contribution in [0.3, 0.4) is 0 Å². The Morgan fingerprint density at radius 1 is 1.25 bits per heavy atom. The van der Waals surface area contributed by atoms with Gasteiger partial charge in [0.2, 0.25) is 5.91 Å². The highest BCUT2D eigenvalue weighted by molar-refractivity contribution is 5.88. The van der Waals surface area contributed by atoms with Crippen LogP contribution in [0.2, 0.25) is 0 Å². The molecule has 2 aromatic carbocycles. The second-order valence-corrected chi connectivity index (χ2v) is 6.10. The number of carbonyl (C=O) groups excluding carboxylic acids is 1. The number of nitrogens with zero attached hydrogens (tertiary/aromatic N) is 1. The molecule has 120 valence electrons. The van der Waals surface area contributed by atoms with Gasteiger partial charge in [-0.05, 0) is 47.7 Å². The molecule has 2 heterocycles. The number of carbonyl (C=O) groups is 1. The molecule has 0 spiro atoms. The van der Waals surface area contributed by atoms with Crippen LogP contribution in [0.15, 0.2) is 67.4 Å². The molecular formula is C20H19N3O. The van der Waals surface area contributed by atoms with Gasteiger partial charge in [0.15, 0.2) is 0 Å². The lowest BCUT2D eigenvalue weighted by molar-refractivity contribution is -0.117. The van der Waals surface area contributed by atoms with Crippen LogP contribution in [0.4, 0.5) is 11.4 Å². The largest absolute Gasteiger partial charge is 0.361 e. The third kappa shape index (κ3) is 2.56. The molecule has 1 aliphatic rings. The molecule has 2 N–H and O–H groups in total. The van der Waals surface area contributed by atoms with Gasteiger partial charge in [-0.2, -0.15) is 0 Å². The number of rotatable bonds is 3. The number of benzene rings is 2. The Morgan fingerprint density at radius 3 is 3.00 bits per heavy atom. The first-order valence-corrected chi connectivity index (χ1v) is 8.10. The monoisotopic (exact) mass is 317 g/mol. The zero-order valence-corrected chi connectivity index (χ0v) is 13.3. The number of amides is 1. The third-order valence-corrected chi connectivity index (χ3v) is 4.53. The Bertz CT molecular complexity index is 912. The summed E-state index contributed by atoms with van der Waals surface area (Å²) >= 11 is 0. The van der Waals surface area contributed by atoms with Crippen LogP contribution in [-0.2, 0) is 11.2 Å². The van der Waals surface area contributed by atoms with E-state index in [4.69, 9.17) is 0 Å².